The van der Waals surface area contributed by atoms with Crippen LogP contribution in [0.1, 0.15) is 71.2 Å². The first-order chi connectivity index (χ1) is 14.3. The molecule has 1 amide bonds. The van der Waals surface area contributed by atoms with Gasteiger partial charge >= 0.3 is 5.56 Å². The van der Waals surface area contributed by atoms with Gasteiger partial charge in [0.05, 0.1) is 0 Å². The Balaban J connectivity index is 1.86. The van der Waals surface area contributed by atoms with E-state index in [-0.39, 0.29) is 17.0 Å². The highest BCUT2D eigenvalue weighted by atomic mass is 16.3. The maximum absolute atomic E-state index is 12.7. The molecule has 1 aliphatic carbocycles. The average Bonchev–Trinajstić information content (AvgIpc) is 3.16. The van der Waals surface area contributed by atoms with E-state index < -0.39 is 11.3 Å². The van der Waals surface area contributed by atoms with Crippen molar-refractivity contribution < 1.29 is 9.90 Å². The van der Waals surface area contributed by atoms with Crippen LogP contribution in [0, 0.1) is 13.8 Å². The molecule has 1 fully saturated rings. The summed E-state index contributed by atoms with van der Waals surface area (Å²) in [5.74, 6) is -0.232. The lowest BCUT2D eigenvalue weighted by Gasteiger charge is -2.35. The SMILES string of the molecule is CCc1cc(C)c(C2(Cc3nc(=O)c(O)c4n3CCN(C)C4=O)CCCC2)c(C)c1. The van der Waals surface area contributed by atoms with E-state index in [2.05, 4.69) is 37.9 Å². The summed E-state index contributed by atoms with van der Waals surface area (Å²) in [7, 11) is 1.69. The number of benzene rings is 1. The third-order valence-electron chi connectivity index (χ3n) is 7.04. The number of nitrogens with zero attached hydrogens (tertiary/aromatic N) is 3. The van der Waals surface area contributed by atoms with Gasteiger partial charge in [0.1, 0.15) is 5.82 Å². The van der Waals surface area contributed by atoms with Crippen LogP contribution in [-0.2, 0) is 24.8 Å². The quantitative estimate of drug-likeness (QED) is 0.841. The van der Waals surface area contributed by atoms with Gasteiger partial charge in [-0.15, -0.1) is 0 Å². The van der Waals surface area contributed by atoms with Gasteiger partial charge < -0.3 is 14.6 Å². The third kappa shape index (κ3) is 3.22. The van der Waals surface area contributed by atoms with Gasteiger partial charge in [-0.2, -0.15) is 4.98 Å². The van der Waals surface area contributed by atoms with Crippen LogP contribution in [0.15, 0.2) is 16.9 Å². The Morgan fingerprint density at radius 2 is 1.73 bits per heavy atom. The van der Waals surface area contributed by atoms with E-state index in [1.165, 1.54) is 22.3 Å². The number of aromatic hydroxyl groups is 1. The first-order valence-electron chi connectivity index (χ1n) is 11.0. The molecule has 0 bridgehead atoms. The van der Waals surface area contributed by atoms with Crippen LogP contribution in [0.3, 0.4) is 0 Å². The zero-order valence-corrected chi connectivity index (χ0v) is 18.4. The summed E-state index contributed by atoms with van der Waals surface area (Å²) in [5, 5.41) is 10.3. The Hall–Kier alpha value is -2.63. The minimum absolute atomic E-state index is 0.0849. The fourth-order valence-electron chi connectivity index (χ4n) is 5.68. The number of carbonyl (C=O) groups excluding carboxylic acids is 1. The van der Waals surface area contributed by atoms with E-state index in [0.29, 0.717) is 25.3 Å². The van der Waals surface area contributed by atoms with Gasteiger partial charge in [0, 0.05) is 32.0 Å². The Labute approximate surface area is 177 Å². The molecule has 2 aliphatic rings. The lowest BCUT2D eigenvalue weighted by molar-refractivity contribution is 0.0737. The molecule has 1 aromatic heterocycles. The molecule has 1 aliphatic heterocycles. The fourth-order valence-corrected chi connectivity index (χ4v) is 5.68. The molecule has 6 heteroatoms. The number of carbonyl (C=O) groups is 1. The van der Waals surface area contributed by atoms with Crippen LogP contribution < -0.4 is 5.56 Å². The van der Waals surface area contributed by atoms with Crippen LogP contribution in [0.2, 0.25) is 0 Å². The molecule has 0 saturated heterocycles. The van der Waals surface area contributed by atoms with Crippen molar-refractivity contribution in [1.82, 2.24) is 14.5 Å². The van der Waals surface area contributed by atoms with Crippen molar-refractivity contribution in [1.29, 1.82) is 0 Å². The molecular weight excluding hydrogens is 378 g/mol. The minimum atomic E-state index is -0.706. The molecule has 0 spiro atoms. The number of hydrogen-bond acceptors (Lipinski definition) is 4. The highest BCUT2D eigenvalue weighted by Gasteiger charge is 2.40. The second-order valence-electron chi connectivity index (χ2n) is 9.03. The van der Waals surface area contributed by atoms with Gasteiger partial charge in [0.15, 0.2) is 5.69 Å². The number of aromatic nitrogens is 2. The van der Waals surface area contributed by atoms with E-state index in [4.69, 9.17) is 0 Å². The predicted molar refractivity (Wildman–Crippen MR) is 116 cm³/mol. The van der Waals surface area contributed by atoms with Crippen LogP contribution in [0.25, 0.3) is 0 Å². The number of hydrogen-bond donors (Lipinski definition) is 1. The number of rotatable bonds is 4. The second-order valence-corrected chi connectivity index (χ2v) is 9.03. The number of aryl methyl sites for hydroxylation is 3. The minimum Gasteiger partial charge on any atom is -0.501 e. The van der Waals surface area contributed by atoms with Crippen LogP contribution >= 0.6 is 0 Å². The molecular formula is C24H31N3O3. The summed E-state index contributed by atoms with van der Waals surface area (Å²) < 4.78 is 1.78. The standard InChI is InChI=1S/C24H31N3O3/c1-5-17-12-15(2)19(16(3)13-17)24(8-6-7-9-24)14-18-25-22(29)21(28)20-23(30)26(4)10-11-27(18)20/h12-13,28H,5-11,14H2,1-4H3. The first kappa shape index (κ1) is 20.6. The highest BCUT2D eigenvalue weighted by molar-refractivity contribution is 5.95. The molecule has 1 saturated carbocycles. The molecule has 4 rings (SSSR count). The zero-order chi connectivity index (χ0) is 21.6. The zero-order valence-electron chi connectivity index (χ0n) is 18.4. The molecule has 30 heavy (non-hydrogen) atoms. The van der Waals surface area contributed by atoms with Crippen LogP contribution in [0.5, 0.6) is 5.75 Å². The predicted octanol–water partition coefficient (Wildman–Crippen LogP) is 3.27. The van der Waals surface area contributed by atoms with E-state index in [0.717, 1.165) is 32.1 Å². The fraction of sp³-hybridized carbons (Fsp3) is 0.542. The summed E-state index contributed by atoms with van der Waals surface area (Å²) in [4.78, 5) is 30.9. The second kappa shape index (κ2) is 7.56. The number of likely N-dealkylation sites (N-methyl/N-ethyl adjacent to an activating group) is 1. The normalized spacial score (nSPS) is 18.0. The Morgan fingerprint density at radius 1 is 1.10 bits per heavy atom. The summed E-state index contributed by atoms with van der Waals surface area (Å²) >= 11 is 0. The van der Waals surface area contributed by atoms with Crippen molar-refractivity contribution in [2.24, 2.45) is 0 Å². The summed E-state index contributed by atoms with van der Waals surface area (Å²) in [5.41, 5.74) is 4.59. The third-order valence-corrected chi connectivity index (χ3v) is 7.04. The summed E-state index contributed by atoms with van der Waals surface area (Å²) in [6.45, 7) is 7.62. The smallest absolute Gasteiger partial charge is 0.315 e. The van der Waals surface area contributed by atoms with E-state index in [1.807, 2.05) is 0 Å². The first-order valence-corrected chi connectivity index (χ1v) is 11.0. The van der Waals surface area contributed by atoms with Crippen LogP contribution in [0.4, 0.5) is 0 Å². The molecule has 0 radical (unpaired) electrons. The van der Waals surface area contributed by atoms with Crippen molar-refractivity contribution in [3.05, 3.63) is 56.3 Å². The van der Waals surface area contributed by atoms with Gasteiger partial charge in [-0.3, -0.25) is 9.59 Å². The molecule has 2 heterocycles. The molecule has 0 atom stereocenters. The summed E-state index contributed by atoms with van der Waals surface area (Å²) in [6.07, 6.45) is 5.99. The monoisotopic (exact) mass is 409 g/mol. The molecule has 0 unspecified atom stereocenters. The Bertz CT molecular complexity index is 1040. The van der Waals surface area contributed by atoms with E-state index in [9.17, 15) is 14.7 Å². The van der Waals surface area contributed by atoms with Crippen molar-refractivity contribution in [3.63, 3.8) is 0 Å². The number of amides is 1. The van der Waals surface area contributed by atoms with Crippen molar-refractivity contribution >= 4 is 5.91 Å². The molecule has 2 aromatic rings. The van der Waals surface area contributed by atoms with Gasteiger partial charge in [-0.1, -0.05) is 31.9 Å². The lowest BCUT2D eigenvalue weighted by atomic mass is 9.71. The van der Waals surface area contributed by atoms with Crippen LogP contribution in [-0.4, -0.2) is 39.1 Å². The maximum Gasteiger partial charge on any atom is 0.315 e. The maximum atomic E-state index is 12.7. The largest absolute Gasteiger partial charge is 0.501 e. The lowest BCUT2D eigenvalue weighted by Crippen LogP contribution is -2.42. The van der Waals surface area contributed by atoms with Crippen molar-refractivity contribution in [2.75, 3.05) is 13.6 Å². The molecule has 160 valence electrons. The van der Waals surface area contributed by atoms with E-state index in [1.54, 1.807) is 16.5 Å². The highest BCUT2D eigenvalue weighted by Crippen LogP contribution is 2.46. The van der Waals surface area contributed by atoms with Crippen molar-refractivity contribution in [3.8, 4) is 5.75 Å². The number of fused-ring (bicyclic) bond motifs is 1. The van der Waals surface area contributed by atoms with Gasteiger partial charge in [0.25, 0.3) is 5.91 Å². The van der Waals surface area contributed by atoms with Gasteiger partial charge in [-0.25, -0.2) is 0 Å². The van der Waals surface area contributed by atoms with E-state index >= 15 is 0 Å². The summed E-state index contributed by atoms with van der Waals surface area (Å²) in [6, 6.07) is 4.57. The average molecular weight is 410 g/mol. The van der Waals surface area contributed by atoms with Crippen molar-refractivity contribution in [2.45, 2.75) is 71.3 Å². The Morgan fingerprint density at radius 3 is 2.33 bits per heavy atom. The van der Waals surface area contributed by atoms with Gasteiger partial charge in [0.2, 0.25) is 5.75 Å². The topological polar surface area (TPSA) is 75.4 Å². The van der Waals surface area contributed by atoms with Gasteiger partial charge in [-0.05, 0) is 55.4 Å². The molecule has 1 N–H and O–H groups in total. The Kier molecular flexibility index (Phi) is 5.20. The molecule has 1 aromatic carbocycles. The molecule has 6 nitrogen and oxygen atoms in total.